The maximum Gasteiger partial charge on any atom is 0.132 e. The van der Waals surface area contributed by atoms with E-state index in [-0.39, 0.29) is 11.9 Å². The van der Waals surface area contributed by atoms with Gasteiger partial charge in [0.2, 0.25) is 0 Å². The lowest BCUT2D eigenvalue weighted by molar-refractivity contribution is 0.328. The number of hydrogen-bond donors (Lipinski definition) is 1. The summed E-state index contributed by atoms with van der Waals surface area (Å²) in [6.45, 7) is 2.71. The second-order valence-corrected chi connectivity index (χ2v) is 4.89. The Kier molecular flexibility index (Phi) is 2.97. The smallest absolute Gasteiger partial charge is 0.132 e. The van der Waals surface area contributed by atoms with Crippen molar-refractivity contribution in [1.29, 1.82) is 0 Å². The Bertz CT molecular complexity index is 570. The summed E-state index contributed by atoms with van der Waals surface area (Å²) in [7, 11) is 0. The molecule has 0 bridgehead atoms. The number of halogens is 1. The quantitative estimate of drug-likeness (QED) is 0.878. The molecule has 1 saturated heterocycles. The predicted molar refractivity (Wildman–Crippen MR) is 69.6 cm³/mol. The highest BCUT2D eigenvalue weighted by atomic mass is 19.1. The molecule has 2 aromatic rings. The Labute approximate surface area is 105 Å². The highest BCUT2D eigenvalue weighted by Gasteiger charge is 2.20. The van der Waals surface area contributed by atoms with Crippen molar-refractivity contribution in [1.82, 2.24) is 9.88 Å². The molecule has 2 heterocycles. The Morgan fingerprint density at radius 1 is 1.39 bits per heavy atom. The van der Waals surface area contributed by atoms with Crippen molar-refractivity contribution in [3.63, 3.8) is 0 Å². The van der Waals surface area contributed by atoms with Crippen LogP contribution in [0, 0.1) is 5.82 Å². The first-order valence-corrected chi connectivity index (χ1v) is 6.24. The zero-order valence-corrected chi connectivity index (χ0v) is 10.1. The Morgan fingerprint density at radius 3 is 3.06 bits per heavy atom. The van der Waals surface area contributed by atoms with Gasteiger partial charge in [-0.25, -0.2) is 4.39 Å². The average molecular weight is 245 g/mol. The Hall–Kier alpha value is -1.52. The van der Waals surface area contributed by atoms with Gasteiger partial charge in [-0.1, -0.05) is 6.07 Å². The summed E-state index contributed by atoms with van der Waals surface area (Å²) in [6, 6.07) is 7.16. The fourth-order valence-corrected chi connectivity index (χ4v) is 2.57. The fourth-order valence-electron chi connectivity index (χ4n) is 2.57. The molecule has 0 radical (unpaired) electrons. The molecule has 1 fully saturated rings. The fraction of sp³-hybridized carbons (Fsp3) is 0.357. The summed E-state index contributed by atoms with van der Waals surface area (Å²) in [6.07, 6.45) is 2.74. The average Bonchev–Trinajstić information content (AvgIpc) is 2.79. The van der Waals surface area contributed by atoms with Crippen molar-refractivity contribution in [2.45, 2.75) is 19.0 Å². The molecule has 1 unspecified atom stereocenters. The van der Waals surface area contributed by atoms with Gasteiger partial charge < -0.3 is 5.73 Å². The molecular weight excluding hydrogens is 229 g/mol. The van der Waals surface area contributed by atoms with Crippen molar-refractivity contribution >= 4 is 10.9 Å². The zero-order valence-electron chi connectivity index (χ0n) is 10.1. The first-order chi connectivity index (χ1) is 8.74. The van der Waals surface area contributed by atoms with E-state index in [1.54, 1.807) is 18.3 Å². The minimum Gasteiger partial charge on any atom is -0.326 e. The number of nitrogens with zero attached hydrogens (tertiary/aromatic N) is 2. The van der Waals surface area contributed by atoms with Crippen LogP contribution >= 0.6 is 0 Å². The van der Waals surface area contributed by atoms with Crippen LogP contribution < -0.4 is 5.73 Å². The van der Waals surface area contributed by atoms with Crippen LogP contribution in [0.3, 0.4) is 0 Å². The second-order valence-electron chi connectivity index (χ2n) is 4.89. The third-order valence-corrected chi connectivity index (χ3v) is 3.50. The number of nitrogens with two attached hydrogens (primary N) is 1. The van der Waals surface area contributed by atoms with Crippen molar-refractivity contribution in [2.75, 3.05) is 13.1 Å². The maximum absolute atomic E-state index is 13.7. The number of aromatic nitrogens is 1. The normalized spacial score (nSPS) is 20.7. The molecule has 4 heteroatoms. The van der Waals surface area contributed by atoms with Gasteiger partial charge in [-0.3, -0.25) is 9.88 Å². The van der Waals surface area contributed by atoms with Gasteiger partial charge in [-0.2, -0.15) is 0 Å². The third kappa shape index (κ3) is 2.09. The van der Waals surface area contributed by atoms with Crippen LogP contribution in [0.2, 0.25) is 0 Å². The van der Waals surface area contributed by atoms with E-state index in [0.717, 1.165) is 37.1 Å². The third-order valence-electron chi connectivity index (χ3n) is 3.50. The van der Waals surface area contributed by atoms with Gasteiger partial charge in [0, 0.05) is 37.3 Å². The Balaban J connectivity index is 1.95. The molecule has 2 N–H and O–H groups in total. The highest BCUT2D eigenvalue weighted by Crippen LogP contribution is 2.22. The second kappa shape index (κ2) is 4.63. The van der Waals surface area contributed by atoms with Gasteiger partial charge in [0.05, 0.1) is 5.52 Å². The van der Waals surface area contributed by atoms with Crippen molar-refractivity contribution < 1.29 is 4.39 Å². The van der Waals surface area contributed by atoms with E-state index in [0.29, 0.717) is 5.39 Å². The molecule has 0 saturated carbocycles. The summed E-state index contributed by atoms with van der Waals surface area (Å²) >= 11 is 0. The lowest BCUT2D eigenvalue weighted by Gasteiger charge is -2.16. The van der Waals surface area contributed by atoms with E-state index >= 15 is 0 Å². The summed E-state index contributed by atoms with van der Waals surface area (Å²) in [5.74, 6) is -0.208. The lowest BCUT2D eigenvalue weighted by atomic mass is 10.1. The molecule has 18 heavy (non-hydrogen) atoms. The van der Waals surface area contributed by atoms with Gasteiger partial charge >= 0.3 is 0 Å². The number of rotatable bonds is 2. The largest absolute Gasteiger partial charge is 0.326 e. The molecule has 0 amide bonds. The van der Waals surface area contributed by atoms with Crippen molar-refractivity contribution in [3.8, 4) is 0 Å². The molecule has 0 spiro atoms. The highest BCUT2D eigenvalue weighted by molar-refractivity contribution is 5.82. The number of benzene rings is 1. The minimum atomic E-state index is -0.208. The number of likely N-dealkylation sites (tertiary alicyclic amines) is 1. The van der Waals surface area contributed by atoms with E-state index in [1.807, 2.05) is 6.07 Å². The molecule has 3 rings (SSSR count). The summed E-state index contributed by atoms with van der Waals surface area (Å²) in [4.78, 5) is 6.60. The van der Waals surface area contributed by atoms with Crippen LogP contribution in [0.15, 0.2) is 30.5 Å². The molecule has 94 valence electrons. The topological polar surface area (TPSA) is 42.1 Å². The molecule has 1 aliphatic rings. The van der Waals surface area contributed by atoms with E-state index in [9.17, 15) is 4.39 Å². The van der Waals surface area contributed by atoms with Gasteiger partial charge in [-0.05, 0) is 30.2 Å². The number of hydrogen-bond acceptors (Lipinski definition) is 3. The molecule has 0 aliphatic carbocycles. The van der Waals surface area contributed by atoms with Gasteiger partial charge in [0.15, 0.2) is 0 Å². The molecule has 1 atom stereocenters. The molecule has 3 nitrogen and oxygen atoms in total. The van der Waals surface area contributed by atoms with Crippen LogP contribution in [-0.2, 0) is 6.54 Å². The van der Waals surface area contributed by atoms with E-state index in [2.05, 4.69) is 9.88 Å². The van der Waals surface area contributed by atoms with Crippen LogP contribution in [0.25, 0.3) is 10.9 Å². The number of pyridine rings is 1. The minimum absolute atomic E-state index is 0.208. The first-order valence-electron chi connectivity index (χ1n) is 6.24. The lowest BCUT2D eigenvalue weighted by Crippen LogP contribution is -2.26. The summed E-state index contributed by atoms with van der Waals surface area (Å²) in [5.41, 5.74) is 7.73. The SMILES string of the molecule is NC1CCN(Cc2ccc(F)c3cccnc23)C1. The van der Waals surface area contributed by atoms with Gasteiger partial charge in [-0.15, -0.1) is 0 Å². The van der Waals surface area contributed by atoms with Crippen molar-refractivity contribution in [2.24, 2.45) is 5.73 Å². The standard InChI is InChI=1S/C14H16FN3/c15-13-4-3-10(8-18-7-5-11(16)9-18)14-12(13)2-1-6-17-14/h1-4,6,11H,5,7-9,16H2. The van der Waals surface area contributed by atoms with E-state index < -0.39 is 0 Å². The number of fused-ring (bicyclic) bond motifs is 1. The molecule has 1 aliphatic heterocycles. The van der Waals surface area contributed by atoms with Crippen LogP contribution in [0.4, 0.5) is 4.39 Å². The Morgan fingerprint density at radius 2 is 2.28 bits per heavy atom. The van der Waals surface area contributed by atoms with Crippen LogP contribution in [-0.4, -0.2) is 29.0 Å². The van der Waals surface area contributed by atoms with Gasteiger partial charge in [0.25, 0.3) is 0 Å². The first kappa shape index (κ1) is 11.6. The van der Waals surface area contributed by atoms with Crippen LogP contribution in [0.1, 0.15) is 12.0 Å². The van der Waals surface area contributed by atoms with E-state index in [1.165, 1.54) is 6.07 Å². The molecule has 1 aromatic heterocycles. The van der Waals surface area contributed by atoms with Gasteiger partial charge in [0.1, 0.15) is 5.82 Å². The monoisotopic (exact) mass is 245 g/mol. The van der Waals surface area contributed by atoms with Crippen LogP contribution in [0.5, 0.6) is 0 Å². The predicted octanol–water partition coefficient (Wildman–Crippen LogP) is 1.91. The summed E-state index contributed by atoms with van der Waals surface area (Å²) < 4.78 is 13.7. The van der Waals surface area contributed by atoms with E-state index in [4.69, 9.17) is 5.73 Å². The molecular formula is C14H16FN3. The molecule has 1 aromatic carbocycles. The van der Waals surface area contributed by atoms with Crippen molar-refractivity contribution in [3.05, 3.63) is 41.8 Å². The maximum atomic E-state index is 13.7. The zero-order chi connectivity index (χ0) is 12.5. The summed E-state index contributed by atoms with van der Waals surface area (Å²) in [5, 5.41) is 0.596.